The molecule has 0 aromatic carbocycles. The number of hydrogen-bond donors (Lipinski definition) is 1. The highest BCUT2D eigenvalue weighted by Gasteiger charge is 2.11. The molecule has 5 heteroatoms. The van der Waals surface area contributed by atoms with Crippen molar-refractivity contribution in [1.82, 2.24) is 4.98 Å². The SMILES string of the molecule is O=C(O)CC(=O)c1cc(Cl)ccn1. The van der Waals surface area contributed by atoms with Crippen molar-refractivity contribution < 1.29 is 14.7 Å². The van der Waals surface area contributed by atoms with Crippen LogP contribution in [0.1, 0.15) is 16.9 Å². The number of carbonyl (C=O) groups excluding carboxylic acids is 1. The van der Waals surface area contributed by atoms with Crippen LogP contribution in [0.2, 0.25) is 5.02 Å². The molecule has 0 amide bonds. The third-order valence-corrected chi connectivity index (χ3v) is 1.55. The number of aromatic nitrogens is 1. The van der Waals surface area contributed by atoms with Gasteiger partial charge in [0.1, 0.15) is 12.1 Å². The topological polar surface area (TPSA) is 67.3 Å². The molecule has 0 atom stereocenters. The standard InChI is InChI=1S/C8H6ClNO3/c9-5-1-2-10-6(3-5)7(11)4-8(12)13/h1-3H,4H2,(H,12,13). The van der Waals surface area contributed by atoms with Gasteiger partial charge in [0.05, 0.1) is 0 Å². The van der Waals surface area contributed by atoms with Crippen LogP contribution in [0.5, 0.6) is 0 Å². The molecule has 68 valence electrons. The zero-order valence-electron chi connectivity index (χ0n) is 6.53. The second kappa shape index (κ2) is 4.00. The molecule has 1 N–H and O–H groups in total. The fraction of sp³-hybridized carbons (Fsp3) is 0.125. The Balaban J connectivity index is 2.83. The number of ketones is 1. The van der Waals surface area contributed by atoms with E-state index in [2.05, 4.69) is 4.98 Å². The number of nitrogens with zero attached hydrogens (tertiary/aromatic N) is 1. The average molecular weight is 200 g/mol. The molecule has 0 saturated heterocycles. The molecule has 1 heterocycles. The molecule has 0 spiro atoms. The van der Waals surface area contributed by atoms with Crippen LogP contribution in [0.4, 0.5) is 0 Å². The molecule has 0 fully saturated rings. The number of pyridine rings is 1. The molecule has 1 aromatic heterocycles. The number of hydrogen-bond acceptors (Lipinski definition) is 3. The lowest BCUT2D eigenvalue weighted by molar-refractivity contribution is -0.135. The Kier molecular flexibility index (Phi) is 2.97. The summed E-state index contributed by atoms with van der Waals surface area (Å²) in [6.45, 7) is 0. The lowest BCUT2D eigenvalue weighted by Gasteiger charge is -1.96. The van der Waals surface area contributed by atoms with Crippen molar-refractivity contribution in [1.29, 1.82) is 0 Å². The van der Waals surface area contributed by atoms with Gasteiger partial charge >= 0.3 is 5.97 Å². The highest BCUT2D eigenvalue weighted by Crippen LogP contribution is 2.09. The molecule has 13 heavy (non-hydrogen) atoms. The minimum Gasteiger partial charge on any atom is -0.481 e. The maximum atomic E-state index is 11.1. The van der Waals surface area contributed by atoms with Gasteiger partial charge in [-0.15, -0.1) is 0 Å². The normalized spacial score (nSPS) is 9.62. The summed E-state index contributed by atoms with van der Waals surface area (Å²) in [4.78, 5) is 25.0. The Morgan fingerprint density at radius 2 is 2.23 bits per heavy atom. The van der Waals surface area contributed by atoms with Gasteiger partial charge in [-0.2, -0.15) is 0 Å². The lowest BCUT2D eigenvalue weighted by Crippen LogP contribution is -2.08. The van der Waals surface area contributed by atoms with Gasteiger partial charge in [0, 0.05) is 11.2 Å². The van der Waals surface area contributed by atoms with Crippen LogP contribution in [-0.4, -0.2) is 21.8 Å². The Hall–Kier alpha value is -1.42. The van der Waals surface area contributed by atoms with Gasteiger partial charge in [0.2, 0.25) is 0 Å². The molecule has 0 saturated carbocycles. The summed E-state index contributed by atoms with van der Waals surface area (Å²) < 4.78 is 0. The van der Waals surface area contributed by atoms with Gasteiger partial charge in [-0.25, -0.2) is 0 Å². The first-order valence-corrected chi connectivity index (χ1v) is 3.84. The van der Waals surface area contributed by atoms with Crippen LogP contribution in [0, 0.1) is 0 Å². The Labute approximate surface area is 79.2 Å². The van der Waals surface area contributed by atoms with E-state index in [0.717, 1.165) is 0 Å². The second-order valence-electron chi connectivity index (χ2n) is 2.35. The van der Waals surface area contributed by atoms with E-state index in [0.29, 0.717) is 5.02 Å². The third kappa shape index (κ3) is 2.83. The zero-order chi connectivity index (χ0) is 9.84. The van der Waals surface area contributed by atoms with Gasteiger partial charge < -0.3 is 5.11 Å². The van der Waals surface area contributed by atoms with Gasteiger partial charge in [0.25, 0.3) is 0 Å². The molecule has 4 nitrogen and oxygen atoms in total. The average Bonchev–Trinajstić information content (AvgIpc) is 2.03. The number of aliphatic carboxylic acids is 1. The summed E-state index contributed by atoms with van der Waals surface area (Å²) in [5, 5.41) is 8.70. The fourth-order valence-electron chi connectivity index (χ4n) is 0.785. The number of rotatable bonds is 3. The van der Waals surface area contributed by atoms with Crippen LogP contribution in [0.25, 0.3) is 0 Å². The van der Waals surface area contributed by atoms with E-state index < -0.39 is 18.2 Å². The second-order valence-corrected chi connectivity index (χ2v) is 2.79. The smallest absolute Gasteiger partial charge is 0.311 e. The monoisotopic (exact) mass is 199 g/mol. The Bertz CT molecular complexity index is 351. The molecule has 0 aliphatic carbocycles. The number of carbonyl (C=O) groups is 2. The molecule has 0 unspecified atom stereocenters. The first-order valence-electron chi connectivity index (χ1n) is 3.46. The largest absolute Gasteiger partial charge is 0.481 e. The first-order chi connectivity index (χ1) is 6.09. The summed E-state index contributed by atoms with van der Waals surface area (Å²) in [7, 11) is 0. The van der Waals surface area contributed by atoms with E-state index in [4.69, 9.17) is 16.7 Å². The number of Topliss-reactive ketones (excluding diaryl/α,β-unsaturated/α-hetero) is 1. The molecular weight excluding hydrogens is 194 g/mol. The van der Waals surface area contributed by atoms with Crippen LogP contribution >= 0.6 is 11.6 Å². The van der Waals surface area contributed by atoms with Crippen molar-refractivity contribution in [3.8, 4) is 0 Å². The zero-order valence-corrected chi connectivity index (χ0v) is 7.28. The number of halogens is 1. The molecule has 1 rings (SSSR count). The van der Waals surface area contributed by atoms with E-state index in [9.17, 15) is 9.59 Å². The molecule has 0 aliphatic heterocycles. The minimum atomic E-state index is -1.17. The quantitative estimate of drug-likeness (QED) is 0.590. The maximum absolute atomic E-state index is 11.1. The van der Waals surface area contributed by atoms with E-state index in [1.165, 1.54) is 18.3 Å². The van der Waals surface area contributed by atoms with Gasteiger partial charge in [-0.1, -0.05) is 11.6 Å². The Morgan fingerprint density at radius 3 is 2.77 bits per heavy atom. The molecular formula is C8H6ClNO3. The van der Waals surface area contributed by atoms with Crippen LogP contribution in [-0.2, 0) is 4.79 Å². The molecule has 1 aromatic rings. The summed E-state index contributed by atoms with van der Waals surface area (Å²) in [5.41, 5.74) is 0.0786. The van der Waals surface area contributed by atoms with E-state index >= 15 is 0 Å². The van der Waals surface area contributed by atoms with Crippen molar-refractivity contribution in [2.75, 3.05) is 0 Å². The van der Waals surface area contributed by atoms with Crippen LogP contribution in [0.15, 0.2) is 18.3 Å². The summed E-state index contributed by atoms with van der Waals surface area (Å²) in [6.07, 6.45) is 0.796. The highest BCUT2D eigenvalue weighted by atomic mass is 35.5. The van der Waals surface area contributed by atoms with E-state index in [1.54, 1.807) is 0 Å². The molecule has 0 bridgehead atoms. The third-order valence-electron chi connectivity index (χ3n) is 1.32. The van der Waals surface area contributed by atoms with Crippen molar-refractivity contribution in [3.63, 3.8) is 0 Å². The van der Waals surface area contributed by atoms with Gasteiger partial charge in [-0.3, -0.25) is 14.6 Å². The van der Waals surface area contributed by atoms with Crippen molar-refractivity contribution in [3.05, 3.63) is 29.0 Å². The predicted octanol–water partition coefficient (Wildman–Crippen LogP) is 1.39. The van der Waals surface area contributed by atoms with Gasteiger partial charge in [-0.05, 0) is 12.1 Å². The van der Waals surface area contributed by atoms with Crippen molar-refractivity contribution in [2.45, 2.75) is 6.42 Å². The molecule has 0 aliphatic rings. The Morgan fingerprint density at radius 1 is 1.54 bits per heavy atom. The minimum absolute atomic E-state index is 0.0786. The van der Waals surface area contributed by atoms with E-state index in [-0.39, 0.29) is 5.69 Å². The number of carboxylic acids is 1. The lowest BCUT2D eigenvalue weighted by atomic mass is 10.2. The fourth-order valence-corrected chi connectivity index (χ4v) is 0.945. The van der Waals surface area contributed by atoms with Crippen LogP contribution in [0.3, 0.4) is 0 Å². The maximum Gasteiger partial charge on any atom is 0.311 e. The van der Waals surface area contributed by atoms with Crippen molar-refractivity contribution in [2.24, 2.45) is 0 Å². The van der Waals surface area contributed by atoms with Crippen molar-refractivity contribution >= 4 is 23.4 Å². The predicted molar refractivity (Wildman–Crippen MR) is 45.8 cm³/mol. The highest BCUT2D eigenvalue weighted by molar-refractivity contribution is 6.30. The molecule has 0 radical (unpaired) electrons. The van der Waals surface area contributed by atoms with Gasteiger partial charge in [0.15, 0.2) is 5.78 Å². The summed E-state index contributed by atoms with van der Waals surface area (Å²) in [5.74, 6) is -1.72. The summed E-state index contributed by atoms with van der Waals surface area (Å²) >= 11 is 5.59. The summed E-state index contributed by atoms with van der Waals surface area (Å²) in [6, 6.07) is 2.85. The number of carboxylic acid groups (broad SMARTS) is 1. The van der Waals surface area contributed by atoms with E-state index in [1.807, 2.05) is 0 Å². The van der Waals surface area contributed by atoms with Crippen LogP contribution < -0.4 is 0 Å². The first kappa shape index (κ1) is 9.67.